The van der Waals surface area contributed by atoms with Crippen LogP contribution in [-0.2, 0) is 4.79 Å². The number of halogens is 1. The topological polar surface area (TPSA) is 107 Å². The van der Waals surface area contributed by atoms with E-state index in [-0.39, 0.29) is 12.4 Å². The Morgan fingerprint density at radius 1 is 1.41 bits per heavy atom. The first-order chi connectivity index (χ1) is 10.6. The zero-order valence-electron chi connectivity index (χ0n) is 11.1. The maximum Gasteiger partial charge on any atom is 0.433 e. The van der Waals surface area contributed by atoms with Crippen molar-refractivity contribution >= 4 is 33.9 Å². The van der Waals surface area contributed by atoms with Crippen LogP contribution in [0, 0.1) is 10.1 Å². The molecule has 0 aliphatic rings. The van der Waals surface area contributed by atoms with Crippen molar-refractivity contribution in [2.75, 3.05) is 6.61 Å². The number of benzene rings is 1. The number of carbonyl (C=O) groups excluding carboxylic acids is 1. The number of hydrogen-bond donors (Lipinski definition) is 1. The molecule has 1 amide bonds. The van der Waals surface area contributed by atoms with Gasteiger partial charge >= 0.3 is 5.88 Å². The van der Waals surface area contributed by atoms with Crippen LogP contribution in [0.5, 0.6) is 5.75 Å². The lowest BCUT2D eigenvalue weighted by molar-refractivity contribution is -0.402. The van der Waals surface area contributed by atoms with E-state index >= 15 is 0 Å². The van der Waals surface area contributed by atoms with Crippen LogP contribution in [0.4, 0.5) is 5.88 Å². The highest BCUT2D eigenvalue weighted by Crippen LogP contribution is 2.23. The van der Waals surface area contributed by atoms with Crippen molar-refractivity contribution in [3.63, 3.8) is 0 Å². The fourth-order valence-corrected chi connectivity index (χ4v) is 1.81. The number of nitro groups is 1. The van der Waals surface area contributed by atoms with Gasteiger partial charge in [-0.2, -0.15) is 5.10 Å². The van der Waals surface area contributed by atoms with Gasteiger partial charge in [-0.05, 0) is 34.1 Å². The summed E-state index contributed by atoms with van der Waals surface area (Å²) in [5.74, 6) is -0.194. The molecule has 0 fully saturated rings. The van der Waals surface area contributed by atoms with Gasteiger partial charge in [-0.1, -0.05) is 12.1 Å². The lowest BCUT2D eigenvalue weighted by Gasteiger charge is -2.06. The zero-order chi connectivity index (χ0) is 15.9. The van der Waals surface area contributed by atoms with E-state index in [0.29, 0.717) is 5.75 Å². The SMILES string of the molecule is O=C(COc1ccccc1Br)NN=Cc1ccc([N+](=O)[O-])o1. The van der Waals surface area contributed by atoms with Gasteiger partial charge in [0.25, 0.3) is 5.91 Å². The molecular formula is C13H10BrN3O5. The van der Waals surface area contributed by atoms with Crippen molar-refractivity contribution in [3.05, 3.63) is 56.7 Å². The second-order valence-electron chi connectivity index (χ2n) is 3.95. The average Bonchev–Trinajstić information content (AvgIpc) is 2.95. The van der Waals surface area contributed by atoms with Gasteiger partial charge in [-0.3, -0.25) is 14.9 Å². The summed E-state index contributed by atoms with van der Waals surface area (Å²) >= 11 is 3.29. The summed E-state index contributed by atoms with van der Waals surface area (Å²) in [6.45, 7) is -0.224. The van der Waals surface area contributed by atoms with E-state index in [4.69, 9.17) is 9.15 Å². The van der Waals surface area contributed by atoms with Gasteiger partial charge in [-0.25, -0.2) is 5.43 Å². The van der Waals surface area contributed by atoms with E-state index < -0.39 is 16.7 Å². The van der Waals surface area contributed by atoms with Gasteiger partial charge in [-0.15, -0.1) is 0 Å². The average molecular weight is 368 g/mol. The molecular weight excluding hydrogens is 358 g/mol. The monoisotopic (exact) mass is 367 g/mol. The Bertz CT molecular complexity index is 713. The van der Waals surface area contributed by atoms with Crippen LogP contribution in [0.1, 0.15) is 5.76 Å². The Morgan fingerprint density at radius 2 is 2.18 bits per heavy atom. The fourth-order valence-electron chi connectivity index (χ4n) is 1.41. The molecule has 0 spiro atoms. The molecule has 1 N–H and O–H groups in total. The van der Waals surface area contributed by atoms with Crippen LogP contribution >= 0.6 is 15.9 Å². The van der Waals surface area contributed by atoms with Crippen LogP contribution in [0.15, 0.2) is 50.4 Å². The summed E-state index contributed by atoms with van der Waals surface area (Å²) in [5.41, 5.74) is 2.22. The number of hydrazone groups is 1. The summed E-state index contributed by atoms with van der Waals surface area (Å²) in [4.78, 5) is 21.3. The predicted octanol–water partition coefficient (Wildman–Crippen LogP) is 2.48. The molecule has 1 heterocycles. The third-order valence-corrected chi connectivity index (χ3v) is 3.02. The molecule has 0 saturated heterocycles. The number of rotatable bonds is 6. The van der Waals surface area contributed by atoms with E-state index in [1.807, 2.05) is 6.07 Å². The van der Waals surface area contributed by atoms with Gasteiger partial charge in [0, 0.05) is 0 Å². The van der Waals surface area contributed by atoms with Crippen molar-refractivity contribution in [1.82, 2.24) is 5.43 Å². The van der Waals surface area contributed by atoms with Crippen molar-refractivity contribution in [3.8, 4) is 5.75 Å². The maximum atomic E-state index is 11.5. The molecule has 0 radical (unpaired) electrons. The molecule has 0 aliphatic carbocycles. The van der Waals surface area contributed by atoms with Crippen molar-refractivity contribution < 1.29 is 18.9 Å². The number of para-hydroxylation sites is 1. The van der Waals surface area contributed by atoms with Crippen LogP contribution < -0.4 is 10.2 Å². The van der Waals surface area contributed by atoms with Crippen LogP contribution in [0.25, 0.3) is 0 Å². The minimum Gasteiger partial charge on any atom is -0.483 e. The molecule has 0 unspecified atom stereocenters. The van der Waals surface area contributed by atoms with Crippen LogP contribution in [-0.4, -0.2) is 23.7 Å². The summed E-state index contributed by atoms with van der Waals surface area (Å²) in [7, 11) is 0. The molecule has 0 atom stereocenters. The van der Waals surface area contributed by atoms with Gasteiger partial charge in [0.2, 0.25) is 0 Å². The first-order valence-corrected chi connectivity index (χ1v) is 6.79. The van der Waals surface area contributed by atoms with Gasteiger partial charge in [0.1, 0.15) is 10.7 Å². The van der Waals surface area contributed by atoms with Gasteiger partial charge in [0.05, 0.1) is 16.8 Å². The minimum atomic E-state index is -0.665. The van der Waals surface area contributed by atoms with E-state index in [2.05, 4.69) is 26.5 Å². The second-order valence-corrected chi connectivity index (χ2v) is 4.80. The molecule has 9 heteroatoms. The lowest BCUT2D eigenvalue weighted by atomic mass is 10.3. The smallest absolute Gasteiger partial charge is 0.433 e. The molecule has 1 aromatic heterocycles. The van der Waals surface area contributed by atoms with Crippen molar-refractivity contribution in [2.45, 2.75) is 0 Å². The molecule has 1 aromatic carbocycles. The molecule has 22 heavy (non-hydrogen) atoms. The first kappa shape index (κ1) is 15.7. The number of furan rings is 1. The maximum absolute atomic E-state index is 11.5. The molecule has 0 saturated carbocycles. The van der Waals surface area contributed by atoms with Gasteiger partial charge < -0.3 is 9.15 Å². The number of nitrogens with zero attached hydrogens (tertiary/aromatic N) is 2. The summed E-state index contributed by atoms with van der Waals surface area (Å²) in [6, 6.07) is 9.66. The summed E-state index contributed by atoms with van der Waals surface area (Å²) in [6.07, 6.45) is 1.16. The standard InChI is InChI=1S/C13H10BrN3O5/c14-10-3-1-2-4-11(10)21-8-12(18)16-15-7-9-5-6-13(22-9)17(19)20/h1-7H,8H2,(H,16,18). The Hall–Kier alpha value is -2.68. The number of carbonyl (C=O) groups is 1. The summed E-state index contributed by atoms with van der Waals surface area (Å²) < 4.78 is 10.9. The Kier molecular flexibility index (Phi) is 5.26. The van der Waals surface area contributed by atoms with Crippen LogP contribution in [0.2, 0.25) is 0 Å². The van der Waals surface area contributed by atoms with Crippen molar-refractivity contribution in [1.29, 1.82) is 0 Å². The highest BCUT2D eigenvalue weighted by molar-refractivity contribution is 9.10. The Balaban J connectivity index is 1.81. The molecule has 114 valence electrons. The highest BCUT2D eigenvalue weighted by Gasteiger charge is 2.10. The third kappa shape index (κ3) is 4.42. The molecule has 0 bridgehead atoms. The van der Waals surface area contributed by atoms with E-state index in [9.17, 15) is 14.9 Å². The quantitative estimate of drug-likeness (QED) is 0.479. The highest BCUT2D eigenvalue weighted by atomic mass is 79.9. The molecule has 2 rings (SSSR count). The van der Waals surface area contributed by atoms with E-state index in [1.165, 1.54) is 12.1 Å². The normalized spacial score (nSPS) is 10.6. The predicted molar refractivity (Wildman–Crippen MR) is 80.7 cm³/mol. The third-order valence-electron chi connectivity index (χ3n) is 2.37. The molecule has 0 aliphatic heterocycles. The Morgan fingerprint density at radius 3 is 2.86 bits per heavy atom. The number of hydrogen-bond acceptors (Lipinski definition) is 6. The second kappa shape index (κ2) is 7.36. The number of nitrogens with one attached hydrogen (secondary N) is 1. The summed E-state index contributed by atoms with van der Waals surface area (Å²) in [5, 5.41) is 14.0. The van der Waals surface area contributed by atoms with Crippen LogP contribution in [0.3, 0.4) is 0 Å². The fraction of sp³-hybridized carbons (Fsp3) is 0.0769. The largest absolute Gasteiger partial charge is 0.483 e. The number of amides is 1. The minimum absolute atomic E-state index is 0.152. The van der Waals surface area contributed by atoms with Gasteiger partial charge in [0.15, 0.2) is 12.4 Å². The van der Waals surface area contributed by atoms with E-state index in [0.717, 1.165) is 10.7 Å². The lowest BCUT2D eigenvalue weighted by Crippen LogP contribution is -2.24. The van der Waals surface area contributed by atoms with E-state index in [1.54, 1.807) is 18.2 Å². The Labute approximate surface area is 133 Å². The zero-order valence-corrected chi connectivity index (χ0v) is 12.6. The number of ether oxygens (including phenoxy) is 1. The van der Waals surface area contributed by atoms with Crippen molar-refractivity contribution in [2.24, 2.45) is 5.10 Å². The molecule has 2 aromatic rings. The molecule has 8 nitrogen and oxygen atoms in total. The first-order valence-electron chi connectivity index (χ1n) is 5.99.